The summed E-state index contributed by atoms with van der Waals surface area (Å²) in [7, 11) is 1.55. The number of carbonyl (C=O) groups excluding carboxylic acids is 1. The largest absolute Gasteiger partial charge is 0.497 e. The number of fused-ring (bicyclic) bond motifs is 1. The number of thiazole rings is 1. The molecule has 1 unspecified atom stereocenters. The van der Waals surface area contributed by atoms with Crippen LogP contribution in [0.1, 0.15) is 29.9 Å². The molecule has 2 aromatic heterocycles. The molecule has 12 heteroatoms. The minimum atomic E-state index is -0.851. The summed E-state index contributed by atoms with van der Waals surface area (Å²) in [5.41, 5.74) is 2.20. The molecule has 0 saturated carbocycles. The van der Waals surface area contributed by atoms with Crippen molar-refractivity contribution < 1.29 is 23.6 Å². The van der Waals surface area contributed by atoms with Crippen LogP contribution >= 0.6 is 27.3 Å². The van der Waals surface area contributed by atoms with E-state index in [1.54, 1.807) is 56.5 Å². The predicted molar refractivity (Wildman–Crippen MR) is 173 cm³/mol. The van der Waals surface area contributed by atoms with Crippen molar-refractivity contribution in [3.8, 4) is 17.1 Å². The van der Waals surface area contributed by atoms with Crippen LogP contribution in [0.2, 0.25) is 0 Å². The monoisotopic (exact) mass is 685 g/mol. The highest BCUT2D eigenvalue weighted by Gasteiger charge is 2.35. The average Bonchev–Trinajstić information content (AvgIpc) is 3.64. The fourth-order valence-electron chi connectivity index (χ4n) is 5.09. The number of carbonyl (C=O) groups is 1. The van der Waals surface area contributed by atoms with Crippen molar-refractivity contribution in [1.82, 2.24) is 4.57 Å². The van der Waals surface area contributed by atoms with Crippen LogP contribution in [-0.4, -0.2) is 29.2 Å². The van der Waals surface area contributed by atoms with Crippen LogP contribution in [0.4, 0.5) is 5.69 Å². The molecule has 1 atom stereocenters. The third-order valence-corrected chi connectivity index (χ3v) is 8.75. The zero-order valence-electron chi connectivity index (χ0n) is 23.9. The second-order valence-electron chi connectivity index (χ2n) is 9.83. The number of furan rings is 1. The van der Waals surface area contributed by atoms with Gasteiger partial charge in [-0.15, -0.1) is 0 Å². The van der Waals surface area contributed by atoms with Crippen LogP contribution < -0.4 is 19.6 Å². The summed E-state index contributed by atoms with van der Waals surface area (Å²) in [4.78, 5) is 43.6. The molecular weight excluding hydrogens is 662 g/mol. The summed E-state index contributed by atoms with van der Waals surface area (Å²) in [6.07, 6.45) is 1.62. The number of benzene rings is 3. The Kier molecular flexibility index (Phi) is 8.33. The Morgan fingerprint density at radius 2 is 1.91 bits per heavy atom. The molecular formula is C33H24BrN3O7S. The van der Waals surface area contributed by atoms with Gasteiger partial charge in [-0.25, -0.2) is 9.79 Å². The number of nitro benzene ring substituents is 1. The number of halogens is 1. The minimum absolute atomic E-state index is 0.0545. The van der Waals surface area contributed by atoms with Crippen LogP contribution in [0.25, 0.3) is 23.1 Å². The van der Waals surface area contributed by atoms with Gasteiger partial charge in [0.2, 0.25) is 0 Å². The highest BCUT2D eigenvalue weighted by molar-refractivity contribution is 9.10. The lowest BCUT2D eigenvalue weighted by molar-refractivity contribution is -0.384. The number of hydrogen-bond donors (Lipinski definition) is 0. The molecule has 6 rings (SSSR count). The number of aromatic nitrogens is 1. The quantitative estimate of drug-likeness (QED) is 0.114. The van der Waals surface area contributed by atoms with Crippen molar-refractivity contribution in [2.75, 3.05) is 13.7 Å². The molecule has 0 amide bonds. The van der Waals surface area contributed by atoms with Gasteiger partial charge in [-0.05, 0) is 58.7 Å². The lowest BCUT2D eigenvalue weighted by atomic mass is 9.93. The van der Waals surface area contributed by atoms with E-state index >= 15 is 0 Å². The lowest BCUT2D eigenvalue weighted by Gasteiger charge is -2.26. The SMILES string of the molecule is CCOC(=O)C1=C(c2ccccc2)N=c2s/c(=C\c3ccc(-c4ccc([N+](=O)[O-])cc4Br)o3)c(=O)n2C1c1cccc(OC)c1. The first-order valence-electron chi connectivity index (χ1n) is 13.8. The number of ether oxygens (including phenoxy) is 2. The Balaban J connectivity index is 1.54. The van der Waals surface area contributed by atoms with Gasteiger partial charge in [-0.3, -0.25) is 19.5 Å². The minimum Gasteiger partial charge on any atom is -0.497 e. The molecule has 3 heterocycles. The highest BCUT2D eigenvalue weighted by atomic mass is 79.9. The molecule has 0 bridgehead atoms. The Hall–Kier alpha value is -5.07. The van der Waals surface area contributed by atoms with Gasteiger partial charge in [0.05, 0.1) is 40.5 Å². The standard InChI is InChI=1S/C33H24BrN3O7S/c1-3-43-32(39)28-29(19-8-5-4-6-9-19)35-33-36(30(28)20-10-7-11-22(16-20)42-2)31(38)27(45-33)18-23-13-15-26(44-23)24-14-12-21(37(40)41)17-25(24)34/h4-18,30H,3H2,1-2H3/b27-18-. The molecule has 0 fully saturated rings. The van der Waals surface area contributed by atoms with Gasteiger partial charge >= 0.3 is 5.97 Å². The van der Waals surface area contributed by atoms with Gasteiger partial charge < -0.3 is 13.9 Å². The predicted octanol–water partition coefficient (Wildman–Crippen LogP) is 5.87. The molecule has 0 saturated heterocycles. The molecule has 45 heavy (non-hydrogen) atoms. The van der Waals surface area contributed by atoms with Gasteiger partial charge in [0.25, 0.3) is 11.2 Å². The van der Waals surface area contributed by atoms with Gasteiger partial charge in [0.1, 0.15) is 17.3 Å². The van der Waals surface area contributed by atoms with Crippen molar-refractivity contribution in [2.24, 2.45) is 4.99 Å². The summed E-state index contributed by atoms with van der Waals surface area (Å²) in [6, 6.07) is 23.5. The molecule has 5 aromatic rings. The first-order valence-corrected chi connectivity index (χ1v) is 15.4. The third kappa shape index (κ3) is 5.77. The molecule has 3 aromatic carbocycles. The molecule has 1 aliphatic heterocycles. The number of nitro groups is 1. The second-order valence-corrected chi connectivity index (χ2v) is 11.7. The topological polar surface area (TPSA) is 126 Å². The number of hydrogen-bond acceptors (Lipinski definition) is 9. The van der Waals surface area contributed by atoms with Crippen LogP contribution in [0.15, 0.2) is 109 Å². The van der Waals surface area contributed by atoms with Crippen molar-refractivity contribution in [3.05, 3.63) is 142 Å². The van der Waals surface area contributed by atoms with Crippen molar-refractivity contribution >= 4 is 50.7 Å². The van der Waals surface area contributed by atoms with Crippen LogP contribution in [0.5, 0.6) is 5.75 Å². The van der Waals surface area contributed by atoms with E-state index in [-0.39, 0.29) is 23.4 Å². The Bertz CT molecular complexity index is 2170. The zero-order chi connectivity index (χ0) is 31.7. The van der Waals surface area contributed by atoms with Crippen LogP contribution in [0, 0.1) is 10.1 Å². The molecule has 0 aliphatic carbocycles. The number of methoxy groups -OCH3 is 1. The number of non-ortho nitro benzene ring substituents is 1. The Labute approximate surface area is 268 Å². The summed E-state index contributed by atoms with van der Waals surface area (Å²) in [5, 5.41) is 11.1. The summed E-state index contributed by atoms with van der Waals surface area (Å²) in [6.45, 7) is 1.87. The third-order valence-electron chi connectivity index (χ3n) is 7.11. The molecule has 10 nitrogen and oxygen atoms in total. The van der Waals surface area contributed by atoms with E-state index in [0.29, 0.717) is 53.5 Å². The van der Waals surface area contributed by atoms with Crippen LogP contribution in [-0.2, 0) is 9.53 Å². The Morgan fingerprint density at radius 1 is 1.11 bits per heavy atom. The molecule has 0 spiro atoms. The second kappa shape index (κ2) is 12.5. The summed E-state index contributed by atoms with van der Waals surface area (Å²) in [5.74, 6) is 0.843. The smallest absolute Gasteiger partial charge is 0.338 e. The van der Waals surface area contributed by atoms with Gasteiger partial charge in [-0.1, -0.05) is 53.8 Å². The fraction of sp³-hybridized carbons (Fsp3) is 0.121. The number of rotatable bonds is 8. The zero-order valence-corrected chi connectivity index (χ0v) is 26.3. The van der Waals surface area contributed by atoms with Crippen molar-refractivity contribution in [2.45, 2.75) is 13.0 Å². The molecule has 226 valence electrons. The van der Waals surface area contributed by atoms with E-state index < -0.39 is 16.9 Å². The van der Waals surface area contributed by atoms with Crippen LogP contribution in [0.3, 0.4) is 0 Å². The maximum Gasteiger partial charge on any atom is 0.338 e. The highest BCUT2D eigenvalue weighted by Crippen LogP contribution is 2.36. The average molecular weight is 687 g/mol. The number of nitrogens with zero attached hydrogens (tertiary/aromatic N) is 3. The molecule has 1 aliphatic rings. The van der Waals surface area contributed by atoms with E-state index in [4.69, 9.17) is 18.9 Å². The summed E-state index contributed by atoms with van der Waals surface area (Å²) < 4.78 is 19.4. The van der Waals surface area contributed by atoms with E-state index in [0.717, 1.165) is 0 Å². The number of esters is 1. The van der Waals surface area contributed by atoms with E-state index in [1.165, 1.54) is 28.0 Å². The van der Waals surface area contributed by atoms with E-state index in [2.05, 4.69) is 15.9 Å². The van der Waals surface area contributed by atoms with Gasteiger partial charge in [0.15, 0.2) is 4.80 Å². The van der Waals surface area contributed by atoms with Gasteiger partial charge in [0, 0.05) is 33.8 Å². The Morgan fingerprint density at radius 3 is 2.62 bits per heavy atom. The maximum atomic E-state index is 14.1. The fourth-order valence-corrected chi connectivity index (χ4v) is 6.63. The van der Waals surface area contributed by atoms with E-state index in [1.807, 2.05) is 36.4 Å². The van der Waals surface area contributed by atoms with Crippen molar-refractivity contribution in [3.63, 3.8) is 0 Å². The van der Waals surface area contributed by atoms with Gasteiger partial charge in [-0.2, -0.15) is 0 Å². The van der Waals surface area contributed by atoms with E-state index in [9.17, 15) is 19.7 Å². The maximum absolute atomic E-state index is 14.1. The first kappa shape index (κ1) is 30.0. The van der Waals surface area contributed by atoms with Crippen molar-refractivity contribution in [1.29, 1.82) is 0 Å². The summed E-state index contributed by atoms with van der Waals surface area (Å²) >= 11 is 4.55. The molecule has 0 N–H and O–H groups in total. The lowest BCUT2D eigenvalue weighted by Crippen LogP contribution is -2.40. The molecule has 0 radical (unpaired) electrons. The first-order chi connectivity index (χ1) is 21.8. The normalized spacial score (nSPS) is 14.6.